The van der Waals surface area contributed by atoms with Crippen molar-refractivity contribution in [2.75, 3.05) is 9.80 Å². The molecule has 1 unspecified atom stereocenters. The summed E-state index contributed by atoms with van der Waals surface area (Å²) in [5.74, 6) is 0.576. The zero-order chi connectivity index (χ0) is 29.1. The Hall–Kier alpha value is -4.82. The highest BCUT2D eigenvalue weighted by atomic mass is 15.1. The average molecular weight is 547 g/mol. The first kappa shape index (κ1) is 27.4. The number of nitrogens with zero attached hydrogens (tertiary/aromatic N) is 2. The molecule has 42 heavy (non-hydrogen) atoms. The maximum Gasteiger partial charge on any atom is 0.0462 e. The van der Waals surface area contributed by atoms with Gasteiger partial charge in [0.15, 0.2) is 0 Å². The minimum atomic E-state index is 0.576. The normalized spacial score (nSPS) is 14.4. The predicted octanol–water partition coefficient (Wildman–Crippen LogP) is 11.4. The Bertz CT molecular complexity index is 1640. The zero-order valence-corrected chi connectivity index (χ0v) is 25.0. The summed E-state index contributed by atoms with van der Waals surface area (Å²) in [5, 5.41) is 0. The van der Waals surface area contributed by atoms with E-state index in [9.17, 15) is 0 Å². The summed E-state index contributed by atoms with van der Waals surface area (Å²) >= 11 is 0. The maximum atomic E-state index is 2.36. The van der Waals surface area contributed by atoms with E-state index in [1.54, 1.807) is 0 Å². The standard InChI is InChI=1S/C40H38N2/c1-29-5-17-35(18-6-29)41(36-19-7-30(2)8-20-36)39-25-13-33(14-26-39)34-15-27-40(28-16-34)42(37-21-9-31(3)10-22-37)38-23-11-32(4)12-24-38/h5-11,13-28,32H,12H2,1-4H3. The van der Waals surface area contributed by atoms with E-state index in [4.69, 9.17) is 0 Å². The number of hydrogen-bond donors (Lipinski definition) is 0. The first-order valence-corrected chi connectivity index (χ1v) is 14.8. The zero-order valence-electron chi connectivity index (χ0n) is 25.0. The lowest BCUT2D eigenvalue weighted by atomic mass is 10.00. The summed E-state index contributed by atoms with van der Waals surface area (Å²) in [4.78, 5) is 4.67. The maximum absolute atomic E-state index is 2.36. The van der Waals surface area contributed by atoms with Crippen molar-refractivity contribution >= 4 is 28.4 Å². The minimum absolute atomic E-state index is 0.576. The Labute approximate surface area is 250 Å². The number of allylic oxidation sites excluding steroid dienone is 3. The molecule has 208 valence electrons. The molecule has 5 aromatic rings. The van der Waals surface area contributed by atoms with Gasteiger partial charge in [0.05, 0.1) is 0 Å². The third kappa shape index (κ3) is 5.94. The van der Waals surface area contributed by atoms with Crippen molar-refractivity contribution < 1.29 is 0 Å². The Balaban J connectivity index is 1.30. The minimum Gasteiger partial charge on any atom is -0.311 e. The molecular weight excluding hydrogens is 508 g/mol. The van der Waals surface area contributed by atoms with Crippen LogP contribution in [0.5, 0.6) is 0 Å². The van der Waals surface area contributed by atoms with Crippen molar-refractivity contribution in [1.29, 1.82) is 0 Å². The molecule has 0 bridgehead atoms. The Morgan fingerprint density at radius 3 is 1.12 bits per heavy atom. The Morgan fingerprint density at radius 2 is 0.786 bits per heavy atom. The first-order valence-electron chi connectivity index (χ1n) is 14.8. The molecule has 1 aliphatic rings. The fourth-order valence-corrected chi connectivity index (χ4v) is 5.46. The van der Waals surface area contributed by atoms with E-state index in [-0.39, 0.29) is 0 Å². The quantitative estimate of drug-likeness (QED) is 0.200. The van der Waals surface area contributed by atoms with Crippen LogP contribution in [0.4, 0.5) is 28.4 Å². The highest BCUT2D eigenvalue weighted by Crippen LogP contribution is 2.37. The van der Waals surface area contributed by atoms with Gasteiger partial charge < -0.3 is 9.80 Å². The highest BCUT2D eigenvalue weighted by Gasteiger charge is 2.17. The van der Waals surface area contributed by atoms with Crippen LogP contribution in [0.15, 0.2) is 145 Å². The molecule has 0 amide bonds. The van der Waals surface area contributed by atoms with Gasteiger partial charge in [0.25, 0.3) is 0 Å². The second kappa shape index (κ2) is 12.0. The van der Waals surface area contributed by atoms with Crippen molar-refractivity contribution in [2.24, 2.45) is 5.92 Å². The molecule has 0 radical (unpaired) electrons. The fourth-order valence-electron chi connectivity index (χ4n) is 5.46. The van der Waals surface area contributed by atoms with Crippen molar-refractivity contribution in [1.82, 2.24) is 0 Å². The molecule has 0 aromatic heterocycles. The van der Waals surface area contributed by atoms with Crippen LogP contribution in [0.25, 0.3) is 11.1 Å². The van der Waals surface area contributed by atoms with E-state index < -0.39 is 0 Å². The van der Waals surface area contributed by atoms with Crippen LogP contribution in [0.3, 0.4) is 0 Å². The monoisotopic (exact) mass is 546 g/mol. The van der Waals surface area contributed by atoms with E-state index in [0.717, 1.165) is 29.2 Å². The third-order valence-electron chi connectivity index (χ3n) is 8.01. The van der Waals surface area contributed by atoms with E-state index >= 15 is 0 Å². The summed E-state index contributed by atoms with van der Waals surface area (Å²) in [7, 11) is 0. The summed E-state index contributed by atoms with van der Waals surface area (Å²) in [6.45, 7) is 8.66. The molecule has 0 saturated carbocycles. The van der Waals surface area contributed by atoms with E-state index in [0.29, 0.717) is 5.92 Å². The van der Waals surface area contributed by atoms with Gasteiger partial charge >= 0.3 is 0 Å². The van der Waals surface area contributed by atoms with Crippen LogP contribution in [-0.4, -0.2) is 0 Å². The van der Waals surface area contributed by atoms with Gasteiger partial charge in [-0.2, -0.15) is 0 Å². The first-order chi connectivity index (χ1) is 20.4. The van der Waals surface area contributed by atoms with Gasteiger partial charge in [-0.05, 0) is 111 Å². The van der Waals surface area contributed by atoms with Gasteiger partial charge in [0.2, 0.25) is 0 Å². The highest BCUT2D eigenvalue weighted by molar-refractivity contribution is 5.79. The second-order valence-corrected chi connectivity index (χ2v) is 11.5. The summed E-state index contributed by atoms with van der Waals surface area (Å²) < 4.78 is 0. The van der Waals surface area contributed by atoms with Crippen LogP contribution in [0.2, 0.25) is 0 Å². The van der Waals surface area contributed by atoms with Crippen LogP contribution in [-0.2, 0) is 0 Å². The van der Waals surface area contributed by atoms with E-state index in [1.807, 2.05) is 0 Å². The number of anilines is 5. The van der Waals surface area contributed by atoms with Crippen LogP contribution in [0.1, 0.15) is 30.0 Å². The molecule has 0 saturated heterocycles. The Kier molecular flexibility index (Phi) is 7.79. The average Bonchev–Trinajstić information content (AvgIpc) is 3.02. The molecule has 6 rings (SSSR count). The molecule has 2 heteroatoms. The van der Waals surface area contributed by atoms with Crippen molar-refractivity contribution in [3.8, 4) is 11.1 Å². The fraction of sp³-hybridized carbons (Fsp3) is 0.150. The lowest BCUT2D eigenvalue weighted by molar-refractivity contribution is 0.728. The van der Waals surface area contributed by atoms with Crippen molar-refractivity contribution in [2.45, 2.75) is 34.1 Å². The van der Waals surface area contributed by atoms with Gasteiger partial charge in [0.1, 0.15) is 0 Å². The molecule has 1 aliphatic carbocycles. The number of rotatable bonds is 7. The summed E-state index contributed by atoms with van der Waals surface area (Å²) in [5.41, 5.74) is 13.2. The smallest absolute Gasteiger partial charge is 0.0462 e. The third-order valence-corrected chi connectivity index (χ3v) is 8.01. The molecule has 0 fully saturated rings. The number of hydrogen-bond acceptors (Lipinski definition) is 2. The Morgan fingerprint density at radius 1 is 0.452 bits per heavy atom. The van der Waals surface area contributed by atoms with Crippen LogP contribution >= 0.6 is 0 Å². The van der Waals surface area contributed by atoms with Gasteiger partial charge in [-0.3, -0.25) is 0 Å². The summed E-state index contributed by atoms with van der Waals surface area (Å²) in [6, 6.07) is 44.1. The van der Waals surface area contributed by atoms with Gasteiger partial charge in [-0.15, -0.1) is 0 Å². The topological polar surface area (TPSA) is 6.48 Å². The summed E-state index contributed by atoms with van der Waals surface area (Å²) in [6.07, 6.45) is 7.98. The number of benzene rings is 5. The van der Waals surface area contributed by atoms with Crippen molar-refractivity contribution in [3.05, 3.63) is 162 Å². The molecule has 1 atom stereocenters. The molecule has 0 N–H and O–H groups in total. The van der Waals surface area contributed by atoms with Crippen LogP contribution < -0.4 is 9.80 Å². The second-order valence-electron chi connectivity index (χ2n) is 11.5. The molecule has 5 aromatic carbocycles. The molecular formula is C40H38N2. The van der Waals surface area contributed by atoms with Gasteiger partial charge in [-0.25, -0.2) is 0 Å². The van der Waals surface area contributed by atoms with E-state index in [1.165, 1.54) is 39.2 Å². The SMILES string of the molecule is Cc1ccc(N(C2=CCC(C)C=C2)c2ccc(-c3ccc(N(c4ccc(C)cc4)c4ccc(C)cc4)cc3)cc2)cc1. The predicted molar refractivity (Wildman–Crippen MR) is 180 cm³/mol. The van der Waals surface area contributed by atoms with Crippen LogP contribution in [0, 0.1) is 26.7 Å². The largest absolute Gasteiger partial charge is 0.311 e. The van der Waals surface area contributed by atoms with Gasteiger partial charge in [0, 0.05) is 34.1 Å². The number of aryl methyl sites for hydroxylation is 3. The lowest BCUT2D eigenvalue weighted by Crippen LogP contribution is -2.17. The molecule has 0 aliphatic heterocycles. The molecule has 2 nitrogen and oxygen atoms in total. The molecule has 0 heterocycles. The van der Waals surface area contributed by atoms with E-state index in [2.05, 4.69) is 177 Å². The van der Waals surface area contributed by atoms with Crippen molar-refractivity contribution in [3.63, 3.8) is 0 Å². The lowest BCUT2D eigenvalue weighted by Gasteiger charge is -2.28. The van der Waals surface area contributed by atoms with Gasteiger partial charge in [-0.1, -0.05) is 96.4 Å². The molecule has 0 spiro atoms.